The van der Waals surface area contributed by atoms with Crippen LogP contribution in [0, 0.1) is 10.1 Å². The average Bonchev–Trinajstić information content (AvgIpc) is 2.86. The molecule has 8 nitrogen and oxygen atoms in total. The SMILES string of the molecule is COC(=O)Cn1cnc(-c2ccccc2[N+](=O)[O-])n1. The summed E-state index contributed by atoms with van der Waals surface area (Å²) >= 11 is 0. The molecule has 0 N–H and O–H groups in total. The molecule has 98 valence electrons. The van der Waals surface area contributed by atoms with Crippen molar-refractivity contribution in [3.8, 4) is 11.4 Å². The zero-order chi connectivity index (χ0) is 13.8. The highest BCUT2D eigenvalue weighted by molar-refractivity contribution is 5.69. The van der Waals surface area contributed by atoms with E-state index in [9.17, 15) is 14.9 Å². The van der Waals surface area contributed by atoms with Gasteiger partial charge in [0.25, 0.3) is 5.69 Å². The van der Waals surface area contributed by atoms with Gasteiger partial charge < -0.3 is 4.74 Å². The highest BCUT2D eigenvalue weighted by Gasteiger charge is 2.17. The molecular weight excluding hydrogens is 252 g/mol. The third-order valence-corrected chi connectivity index (χ3v) is 2.40. The maximum absolute atomic E-state index is 11.1. The smallest absolute Gasteiger partial charge is 0.327 e. The molecule has 0 radical (unpaired) electrons. The van der Waals surface area contributed by atoms with Gasteiger partial charge >= 0.3 is 5.97 Å². The molecule has 0 aliphatic carbocycles. The lowest BCUT2D eigenvalue weighted by Gasteiger charge is -1.99. The molecule has 0 atom stereocenters. The maximum atomic E-state index is 11.1. The summed E-state index contributed by atoms with van der Waals surface area (Å²) in [6.07, 6.45) is 1.32. The van der Waals surface area contributed by atoms with Crippen molar-refractivity contribution in [3.63, 3.8) is 0 Å². The van der Waals surface area contributed by atoms with E-state index in [1.807, 2.05) is 0 Å². The molecule has 2 aromatic rings. The first-order chi connectivity index (χ1) is 9.11. The molecule has 1 aromatic heterocycles. The average molecular weight is 262 g/mol. The fourth-order valence-corrected chi connectivity index (χ4v) is 1.51. The summed E-state index contributed by atoms with van der Waals surface area (Å²) < 4.78 is 5.76. The number of aromatic nitrogens is 3. The van der Waals surface area contributed by atoms with Crippen LogP contribution in [0.4, 0.5) is 5.69 Å². The number of carbonyl (C=O) groups excluding carboxylic acids is 1. The Labute approximate surface area is 107 Å². The van der Waals surface area contributed by atoms with Crippen molar-refractivity contribution < 1.29 is 14.5 Å². The number of methoxy groups -OCH3 is 1. The van der Waals surface area contributed by atoms with E-state index in [-0.39, 0.29) is 18.1 Å². The van der Waals surface area contributed by atoms with Gasteiger partial charge in [0.1, 0.15) is 12.9 Å². The number of ether oxygens (including phenoxy) is 1. The predicted molar refractivity (Wildman–Crippen MR) is 64.1 cm³/mol. The number of esters is 1. The van der Waals surface area contributed by atoms with Gasteiger partial charge in [-0.05, 0) is 6.07 Å². The van der Waals surface area contributed by atoms with E-state index >= 15 is 0 Å². The molecule has 0 fully saturated rings. The molecule has 0 aliphatic heterocycles. The summed E-state index contributed by atoms with van der Waals surface area (Å²) in [5.74, 6) is -0.282. The normalized spacial score (nSPS) is 10.2. The second-order valence-corrected chi connectivity index (χ2v) is 3.62. The molecule has 0 saturated heterocycles. The van der Waals surface area contributed by atoms with E-state index in [2.05, 4.69) is 14.8 Å². The minimum absolute atomic E-state index is 0.0849. The van der Waals surface area contributed by atoms with Crippen LogP contribution in [0.15, 0.2) is 30.6 Å². The lowest BCUT2D eigenvalue weighted by atomic mass is 10.2. The first kappa shape index (κ1) is 12.7. The quantitative estimate of drug-likeness (QED) is 0.463. The molecule has 0 spiro atoms. The van der Waals surface area contributed by atoms with Gasteiger partial charge in [-0.15, -0.1) is 0 Å². The molecule has 0 saturated carbocycles. The van der Waals surface area contributed by atoms with Gasteiger partial charge in [0.15, 0.2) is 5.82 Å². The number of para-hydroxylation sites is 1. The topological polar surface area (TPSA) is 100 Å². The van der Waals surface area contributed by atoms with Crippen molar-refractivity contribution >= 4 is 11.7 Å². The van der Waals surface area contributed by atoms with E-state index < -0.39 is 10.9 Å². The predicted octanol–water partition coefficient (Wildman–Crippen LogP) is 1.03. The first-order valence-electron chi connectivity index (χ1n) is 5.32. The van der Waals surface area contributed by atoms with Crippen molar-refractivity contribution in [1.82, 2.24) is 14.8 Å². The van der Waals surface area contributed by atoms with E-state index in [0.29, 0.717) is 5.56 Å². The second kappa shape index (κ2) is 5.25. The van der Waals surface area contributed by atoms with Crippen molar-refractivity contribution in [1.29, 1.82) is 0 Å². The maximum Gasteiger partial charge on any atom is 0.327 e. The van der Waals surface area contributed by atoms with E-state index in [1.54, 1.807) is 18.2 Å². The minimum Gasteiger partial charge on any atom is -0.468 e. The Hall–Kier alpha value is -2.77. The Balaban J connectivity index is 2.33. The second-order valence-electron chi connectivity index (χ2n) is 3.62. The Bertz CT molecular complexity index is 623. The molecule has 8 heteroatoms. The number of hydrogen-bond donors (Lipinski definition) is 0. The van der Waals surface area contributed by atoms with Crippen LogP contribution < -0.4 is 0 Å². The Morgan fingerprint density at radius 1 is 1.47 bits per heavy atom. The largest absolute Gasteiger partial charge is 0.468 e. The Morgan fingerprint density at radius 2 is 2.21 bits per heavy atom. The molecule has 0 aliphatic rings. The molecule has 19 heavy (non-hydrogen) atoms. The highest BCUT2D eigenvalue weighted by Crippen LogP contribution is 2.26. The van der Waals surface area contributed by atoms with Crippen molar-refractivity contribution in [3.05, 3.63) is 40.7 Å². The zero-order valence-corrected chi connectivity index (χ0v) is 10.0. The van der Waals surface area contributed by atoms with Gasteiger partial charge in [-0.1, -0.05) is 12.1 Å². The van der Waals surface area contributed by atoms with Crippen LogP contribution in [0.3, 0.4) is 0 Å². The summed E-state index contributed by atoms with van der Waals surface area (Å²) in [6, 6.07) is 6.14. The van der Waals surface area contributed by atoms with E-state index in [1.165, 1.54) is 24.2 Å². The summed E-state index contributed by atoms with van der Waals surface area (Å²) in [7, 11) is 1.27. The zero-order valence-electron chi connectivity index (χ0n) is 10.0. The minimum atomic E-state index is -0.504. The van der Waals surface area contributed by atoms with Gasteiger partial charge in [-0.2, -0.15) is 5.10 Å². The van der Waals surface area contributed by atoms with Crippen LogP contribution in [0.1, 0.15) is 0 Å². The summed E-state index contributed by atoms with van der Waals surface area (Å²) in [6.45, 7) is -0.0931. The third kappa shape index (κ3) is 2.73. The number of nitro groups is 1. The number of nitro benzene ring substituents is 1. The van der Waals surface area contributed by atoms with Gasteiger partial charge in [-0.25, -0.2) is 9.67 Å². The van der Waals surface area contributed by atoms with Crippen LogP contribution in [0.2, 0.25) is 0 Å². The molecule has 2 rings (SSSR count). The fraction of sp³-hybridized carbons (Fsp3) is 0.182. The number of carbonyl (C=O) groups is 1. The van der Waals surface area contributed by atoms with Crippen molar-refractivity contribution in [2.75, 3.05) is 7.11 Å². The summed E-state index contributed by atoms with van der Waals surface area (Å²) in [4.78, 5) is 25.4. The third-order valence-electron chi connectivity index (χ3n) is 2.40. The summed E-state index contributed by atoms with van der Waals surface area (Å²) in [5, 5.41) is 14.9. The van der Waals surface area contributed by atoms with Crippen molar-refractivity contribution in [2.45, 2.75) is 6.54 Å². The molecule has 0 bridgehead atoms. The molecular formula is C11H10N4O4. The number of rotatable bonds is 4. The fourth-order valence-electron chi connectivity index (χ4n) is 1.51. The Morgan fingerprint density at radius 3 is 2.89 bits per heavy atom. The van der Waals surface area contributed by atoms with Gasteiger partial charge in [0.2, 0.25) is 0 Å². The first-order valence-corrected chi connectivity index (χ1v) is 5.32. The van der Waals surface area contributed by atoms with Crippen LogP contribution >= 0.6 is 0 Å². The van der Waals surface area contributed by atoms with Crippen molar-refractivity contribution in [2.24, 2.45) is 0 Å². The molecule has 1 aromatic carbocycles. The number of benzene rings is 1. The molecule has 0 unspecified atom stereocenters. The van der Waals surface area contributed by atoms with Crippen LogP contribution in [0.5, 0.6) is 0 Å². The van der Waals surface area contributed by atoms with Gasteiger partial charge in [-0.3, -0.25) is 14.9 Å². The van der Waals surface area contributed by atoms with E-state index in [4.69, 9.17) is 0 Å². The molecule has 1 heterocycles. The van der Waals surface area contributed by atoms with Crippen LogP contribution in [-0.2, 0) is 16.1 Å². The monoisotopic (exact) mass is 262 g/mol. The lowest BCUT2D eigenvalue weighted by Crippen LogP contribution is -2.11. The van der Waals surface area contributed by atoms with Crippen LogP contribution in [-0.4, -0.2) is 32.8 Å². The molecule has 0 amide bonds. The Kier molecular flexibility index (Phi) is 3.51. The number of nitrogens with zero attached hydrogens (tertiary/aromatic N) is 4. The highest BCUT2D eigenvalue weighted by atomic mass is 16.6. The van der Waals surface area contributed by atoms with E-state index in [0.717, 1.165) is 0 Å². The van der Waals surface area contributed by atoms with Crippen LogP contribution in [0.25, 0.3) is 11.4 Å². The number of hydrogen-bond acceptors (Lipinski definition) is 6. The van der Waals surface area contributed by atoms with Gasteiger partial charge in [0, 0.05) is 6.07 Å². The van der Waals surface area contributed by atoms with Gasteiger partial charge in [0.05, 0.1) is 17.6 Å². The standard InChI is InChI=1S/C11H10N4O4/c1-19-10(16)6-14-7-12-11(13-14)8-4-2-3-5-9(8)15(17)18/h2-5,7H,6H2,1H3. The summed E-state index contributed by atoms with van der Waals surface area (Å²) in [5.41, 5.74) is 0.217. The lowest BCUT2D eigenvalue weighted by molar-refractivity contribution is -0.384.